The highest BCUT2D eigenvalue weighted by Gasteiger charge is 2.17. The molecule has 0 atom stereocenters. The number of hydrogen-bond acceptors (Lipinski definition) is 2. The second-order valence-electron chi connectivity index (χ2n) is 5.32. The van der Waals surface area contributed by atoms with Crippen molar-refractivity contribution in [2.24, 2.45) is 0 Å². The highest BCUT2D eigenvalue weighted by molar-refractivity contribution is 7.50. The van der Waals surface area contributed by atoms with Crippen LogP contribution in [-0.4, -0.2) is 16.9 Å². The molecule has 2 aromatic carbocycles. The van der Waals surface area contributed by atoms with Gasteiger partial charge in [0.05, 0.1) is 13.3 Å². The van der Waals surface area contributed by atoms with Gasteiger partial charge in [0, 0.05) is 5.56 Å². The average molecular weight is 320 g/mol. The summed E-state index contributed by atoms with van der Waals surface area (Å²) in [7, 11) is -2.62. The summed E-state index contributed by atoms with van der Waals surface area (Å²) < 4.78 is 16.4. The first kappa shape index (κ1) is 16.8. The van der Waals surface area contributed by atoms with Crippen LogP contribution in [0, 0.1) is 0 Å². The van der Waals surface area contributed by atoms with Gasteiger partial charge in [-0.2, -0.15) is 0 Å². The lowest BCUT2D eigenvalue weighted by Gasteiger charge is -2.12. The molecule has 118 valence electrons. The predicted molar refractivity (Wildman–Crippen MR) is 87.4 cm³/mol. The molecule has 22 heavy (non-hydrogen) atoms. The minimum absolute atomic E-state index is 0.307. The van der Waals surface area contributed by atoms with E-state index in [1.165, 1.54) is 18.2 Å². The highest BCUT2D eigenvalue weighted by atomic mass is 31.2. The van der Waals surface area contributed by atoms with Gasteiger partial charge in [-0.25, -0.2) is 0 Å². The van der Waals surface area contributed by atoms with Crippen molar-refractivity contribution in [3.63, 3.8) is 0 Å². The van der Waals surface area contributed by atoms with Crippen molar-refractivity contribution in [3.05, 3.63) is 64.7 Å². The quantitative estimate of drug-likeness (QED) is 0.799. The molecule has 0 aliphatic carbocycles. The average Bonchev–Trinajstić information content (AvgIpc) is 2.47. The maximum atomic E-state index is 11.2. The van der Waals surface area contributed by atoms with Crippen LogP contribution in [0.15, 0.2) is 42.5 Å². The highest BCUT2D eigenvalue weighted by Crippen LogP contribution is 2.41. The summed E-state index contributed by atoms with van der Waals surface area (Å²) in [5.41, 5.74) is 4.01. The largest absolute Gasteiger partial charge is 0.496 e. The molecule has 0 unspecified atom stereocenters. The van der Waals surface area contributed by atoms with Crippen LogP contribution in [-0.2, 0) is 23.6 Å². The van der Waals surface area contributed by atoms with E-state index in [-0.39, 0.29) is 6.16 Å². The SMILES string of the molecule is CCc1ccc(Cc2ccc(OC)c(CP(=O)(O)O)c2)cc1. The summed E-state index contributed by atoms with van der Waals surface area (Å²) >= 11 is 0. The summed E-state index contributed by atoms with van der Waals surface area (Å²) in [6.45, 7) is 2.12. The molecule has 0 aliphatic rings. The Morgan fingerprint density at radius 3 is 2.14 bits per heavy atom. The maximum Gasteiger partial charge on any atom is 0.330 e. The monoisotopic (exact) mass is 320 g/mol. The second-order valence-corrected chi connectivity index (χ2v) is 6.96. The minimum Gasteiger partial charge on any atom is -0.496 e. The van der Waals surface area contributed by atoms with Gasteiger partial charge in [0.15, 0.2) is 0 Å². The van der Waals surface area contributed by atoms with Crippen LogP contribution in [0.2, 0.25) is 0 Å². The van der Waals surface area contributed by atoms with Gasteiger partial charge < -0.3 is 14.5 Å². The van der Waals surface area contributed by atoms with Gasteiger partial charge in [-0.15, -0.1) is 0 Å². The van der Waals surface area contributed by atoms with Crippen molar-refractivity contribution in [1.82, 2.24) is 0 Å². The molecule has 0 spiro atoms. The first-order valence-electron chi connectivity index (χ1n) is 7.19. The third-order valence-electron chi connectivity index (χ3n) is 3.56. The van der Waals surface area contributed by atoms with Crippen LogP contribution < -0.4 is 4.74 Å². The lowest BCUT2D eigenvalue weighted by Crippen LogP contribution is -1.96. The Hall–Kier alpha value is -1.61. The number of aryl methyl sites for hydroxylation is 1. The molecular formula is C17H21O4P. The van der Waals surface area contributed by atoms with E-state index in [9.17, 15) is 14.4 Å². The zero-order chi connectivity index (χ0) is 16.2. The van der Waals surface area contributed by atoms with Gasteiger partial charge >= 0.3 is 7.60 Å². The van der Waals surface area contributed by atoms with Gasteiger partial charge in [-0.3, -0.25) is 4.57 Å². The van der Waals surface area contributed by atoms with Crippen molar-refractivity contribution in [3.8, 4) is 5.75 Å². The fraction of sp³-hybridized carbons (Fsp3) is 0.294. The fourth-order valence-corrected chi connectivity index (χ4v) is 3.11. The van der Waals surface area contributed by atoms with E-state index >= 15 is 0 Å². The van der Waals surface area contributed by atoms with Crippen LogP contribution in [0.25, 0.3) is 0 Å². The number of hydrogen-bond donors (Lipinski definition) is 2. The van der Waals surface area contributed by atoms with Crippen LogP contribution >= 0.6 is 7.60 Å². The molecule has 0 fully saturated rings. The fourth-order valence-electron chi connectivity index (χ4n) is 2.42. The van der Waals surface area contributed by atoms with Gasteiger partial charge in [0.25, 0.3) is 0 Å². The molecule has 0 aromatic heterocycles. The van der Waals surface area contributed by atoms with Gasteiger partial charge in [-0.05, 0) is 35.6 Å². The first-order valence-corrected chi connectivity index (χ1v) is 8.99. The van der Waals surface area contributed by atoms with Crippen LogP contribution in [0.3, 0.4) is 0 Å². The van der Waals surface area contributed by atoms with Crippen LogP contribution in [0.1, 0.15) is 29.2 Å². The van der Waals surface area contributed by atoms with Crippen molar-refractivity contribution in [2.45, 2.75) is 25.9 Å². The van der Waals surface area contributed by atoms with Crippen molar-refractivity contribution >= 4 is 7.60 Å². The second kappa shape index (κ2) is 7.10. The summed E-state index contributed by atoms with van der Waals surface area (Å²) in [5, 5.41) is 0. The van der Waals surface area contributed by atoms with E-state index in [1.807, 2.05) is 12.1 Å². The standard InChI is InChI=1S/C17H21O4P/c1-3-13-4-6-14(7-5-13)10-15-8-9-17(21-2)16(11-15)12-22(18,19)20/h4-9,11H,3,10,12H2,1-2H3,(H2,18,19,20). The Morgan fingerprint density at radius 1 is 1.00 bits per heavy atom. The summed E-state index contributed by atoms with van der Waals surface area (Å²) in [5.74, 6) is 0.508. The molecule has 0 saturated carbocycles. The van der Waals surface area contributed by atoms with Gasteiger partial charge in [-0.1, -0.05) is 43.3 Å². The maximum absolute atomic E-state index is 11.2. The lowest BCUT2D eigenvalue weighted by atomic mass is 10.0. The molecule has 2 aromatic rings. The van der Waals surface area contributed by atoms with Gasteiger partial charge in [0.2, 0.25) is 0 Å². The van der Waals surface area contributed by atoms with Crippen molar-refractivity contribution < 1.29 is 19.1 Å². The minimum atomic E-state index is -4.12. The van der Waals surface area contributed by atoms with Crippen LogP contribution in [0.5, 0.6) is 5.75 Å². The summed E-state index contributed by atoms with van der Waals surface area (Å²) in [6.07, 6.45) is 1.43. The third-order valence-corrected chi connectivity index (χ3v) is 4.31. The number of ether oxygens (including phenoxy) is 1. The first-order chi connectivity index (χ1) is 10.4. The van der Waals surface area contributed by atoms with Gasteiger partial charge in [0.1, 0.15) is 5.75 Å². The molecule has 0 saturated heterocycles. The van der Waals surface area contributed by atoms with E-state index in [4.69, 9.17) is 4.74 Å². The van der Waals surface area contributed by atoms with Crippen molar-refractivity contribution in [2.75, 3.05) is 7.11 Å². The molecule has 4 nitrogen and oxygen atoms in total. The Morgan fingerprint density at radius 2 is 1.59 bits per heavy atom. The smallest absolute Gasteiger partial charge is 0.330 e. The van der Waals surface area contributed by atoms with Crippen LogP contribution in [0.4, 0.5) is 0 Å². The number of benzene rings is 2. The molecular weight excluding hydrogens is 299 g/mol. The molecule has 0 radical (unpaired) electrons. The number of rotatable bonds is 6. The Labute approximate surface area is 130 Å². The lowest BCUT2D eigenvalue weighted by molar-refractivity contribution is 0.368. The van der Waals surface area contributed by atoms with E-state index in [0.717, 1.165) is 18.4 Å². The Kier molecular flexibility index (Phi) is 5.41. The Balaban J connectivity index is 2.23. The summed E-state index contributed by atoms with van der Waals surface area (Å²) in [6, 6.07) is 13.9. The zero-order valence-corrected chi connectivity index (χ0v) is 13.7. The molecule has 5 heteroatoms. The predicted octanol–water partition coefficient (Wildman–Crippen LogP) is 3.53. The zero-order valence-electron chi connectivity index (χ0n) is 12.8. The molecule has 0 aliphatic heterocycles. The Bertz CT molecular complexity index is 674. The van der Waals surface area contributed by atoms with E-state index in [1.54, 1.807) is 6.07 Å². The molecule has 0 heterocycles. The van der Waals surface area contributed by atoms with Crippen molar-refractivity contribution in [1.29, 1.82) is 0 Å². The molecule has 2 rings (SSSR count). The van der Waals surface area contributed by atoms with E-state index < -0.39 is 7.60 Å². The summed E-state index contributed by atoms with van der Waals surface area (Å²) in [4.78, 5) is 18.4. The normalized spacial score (nSPS) is 11.5. The molecule has 0 amide bonds. The topological polar surface area (TPSA) is 66.8 Å². The number of methoxy groups -OCH3 is 1. The van der Waals surface area contributed by atoms with E-state index in [2.05, 4.69) is 31.2 Å². The van der Waals surface area contributed by atoms with E-state index in [0.29, 0.717) is 11.3 Å². The molecule has 2 N–H and O–H groups in total. The molecule has 0 bridgehead atoms. The third kappa shape index (κ3) is 4.70.